The molecule has 0 aliphatic carbocycles. The molecule has 0 aromatic carbocycles. The number of aliphatic hydroxyl groups excluding tert-OH is 1. The van der Waals surface area contributed by atoms with Gasteiger partial charge in [-0.3, -0.25) is 37.3 Å². The molecule has 0 heterocycles. The molecule has 86 heavy (non-hydrogen) atoms. The van der Waals surface area contributed by atoms with Gasteiger partial charge >= 0.3 is 39.5 Å². The van der Waals surface area contributed by atoms with Crippen LogP contribution in [0.15, 0.2) is 0 Å². The molecule has 0 aliphatic heterocycles. The summed E-state index contributed by atoms with van der Waals surface area (Å²) in [6, 6.07) is 0. The van der Waals surface area contributed by atoms with Gasteiger partial charge in [0.05, 0.1) is 26.4 Å². The van der Waals surface area contributed by atoms with Crippen molar-refractivity contribution in [2.45, 2.75) is 361 Å². The fourth-order valence-electron chi connectivity index (χ4n) is 10.1. The van der Waals surface area contributed by atoms with Gasteiger partial charge in [0, 0.05) is 25.7 Å². The summed E-state index contributed by atoms with van der Waals surface area (Å²) in [5.74, 6) is -1.29. The average molecular weight is 1270 g/mol. The zero-order valence-corrected chi connectivity index (χ0v) is 57.2. The van der Waals surface area contributed by atoms with Crippen LogP contribution >= 0.6 is 15.6 Å². The molecule has 0 saturated carbocycles. The Bertz CT molecular complexity index is 1670. The maximum atomic E-state index is 13.0. The third kappa shape index (κ3) is 59.7. The molecule has 19 heteroatoms. The number of phosphoric acid groups is 2. The molecule has 0 rings (SSSR count). The predicted octanol–water partition coefficient (Wildman–Crippen LogP) is 19.0. The Kier molecular flexibility index (Phi) is 59.2. The summed E-state index contributed by atoms with van der Waals surface area (Å²) in [4.78, 5) is 72.2. The second kappa shape index (κ2) is 60.6. The van der Waals surface area contributed by atoms with Gasteiger partial charge in [-0.2, -0.15) is 0 Å². The van der Waals surface area contributed by atoms with Crippen LogP contribution in [0.5, 0.6) is 0 Å². The molecule has 0 aliphatic rings. The summed E-state index contributed by atoms with van der Waals surface area (Å²) in [6.07, 6.45) is 45.8. The summed E-state index contributed by atoms with van der Waals surface area (Å²) >= 11 is 0. The van der Waals surface area contributed by atoms with E-state index < -0.39 is 97.5 Å². The largest absolute Gasteiger partial charge is 0.472 e. The van der Waals surface area contributed by atoms with Crippen molar-refractivity contribution in [2.75, 3.05) is 39.6 Å². The lowest BCUT2D eigenvalue weighted by Gasteiger charge is -2.21. The molecular formula is C67H130O17P2. The minimum atomic E-state index is -4.95. The average Bonchev–Trinajstić information content (AvgIpc) is 3.57. The lowest BCUT2D eigenvalue weighted by Crippen LogP contribution is -2.30. The van der Waals surface area contributed by atoms with Crippen molar-refractivity contribution in [1.82, 2.24) is 0 Å². The first-order valence-electron chi connectivity index (χ1n) is 35.2. The highest BCUT2D eigenvalue weighted by Crippen LogP contribution is 2.45. The van der Waals surface area contributed by atoms with Gasteiger partial charge in [0.25, 0.3) is 0 Å². The molecule has 0 aromatic heterocycles. The second-order valence-corrected chi connectivity index (χ2v) is 27.4. The number of phosphoric ester groups is 2. The van der Waals surface area contributed by atoms with Crippen LogP contribution < -0.4 is 0 Å². The van der Waals surface area contributed by atoms with Crippen molar-refractivity contribution >= 4 is 39.5 Å². The van der Waals surface area contributed by atoms with Crippen molar-refractivity contribution in [1.29, 1.82) is 0 Å². The SMILES string of the molecule is CCCCCCCCCCCCCCC(=O)OC[C@H](COP(=O)(O)OC[C@@H](O)COP(=O)(O)OC[C@@H](COC(=O)CCCCCCCCCC)OC(=O)CCCCCCCCCC)OC(=O)CCCCCCCCCCCCCCCCC(C)CC. The van der Waals surface area contributed by atoms with E-state index in [0.717, 1.165) is 109 Å². The number of aliphatic hydroxyl groups is 1. The van der Waals surface area contributed by atoms with Crippen molar-refractivity contribution in [2.24, 2.45) is 5.92 Å². The Labute approximate surface area is 524 Å². The van der Waals surface area contributed by atoms with E-state index in [1.165, 1.54) is 154 Å². The summed E-state index contributed by atoms with van der Waals surface area (Å²) in [7, 11) is -9.88. The van der Waals surface area contributed by atoms with Gasteiger partial charge in [-0.25, -0.2) is 9.13 Å². The number of esters is 4. The van der Waals surface area contributed by atoms with Gasteiger partial charge in [-0.15, -0.1) is 0 Å². The van der Waals surface area contributed by atoms with E-state index in [1.807, 2.05) is 0 Å². The van der Waals surface area contributed by atoms with Crippen LogP contribution in [0.1, 0.15) is 343 Å². The molecule has 0 aromatic rings. The van der Waals surface area contributed by atoms with Gasteiger partial charge in [0.1, 0.15) is 19.3 Å². The van der Waals surface area contributed by atoms with Crippen molar-refractivity contribution in [3.8, 4) is 0 Å². The van der Waals surface area contributed by atoms with E-state index in [0.29, 0.717) is 25.7 Å². The van der Waals surface area contributed by atoms with Gasteiger partial charge in [-0.05, 0) is 31.6 Å². The number of unbranched alkanes of at least 4 members (excludes halogenated alkanes) is 38. The molecule has 6 atom stereocenters. The van der Waals surface area contributed by atoms with Crippen LogP contribution in [0.2, 0.25) is 0 Å². The van der Waals surface area contributed by atoms with E-state index in [2.05, 4.69) is 34.6 Å². The van der Waals surface area contributed by atoms with E-state index in [-0.39, 0.29) is 25.7 Å². The Hall–Kier alpha value is -1.94. The number of hydrogen-bond donors (Lipinski definition) is 3. The fourth-order valence-corrected chi connectivity index (χ4v) is 11.7. The van der Waals surface area contributed by atoms with Crippen molar-refractivity contribution < 1.29 is 80.2 Å². The Balaban J connectivity index is 5.17. The number of hydrogen-bond acceptors (Lipinski definition) is 15. The maximum absolute atomic E-state index is 13.0. The zero-order chi connectivity index (χ0) is 63.5. The molecule has 0 spiro atoms. The van der Waals surface area contributed by atoms with Crippen LogP contribution in [0.4, 0.5) is 0 Å². The topological polar surface area (TPSA) is 237 Å². The van der Waals surface area contributed by atoms with Crippen molar-refractivity contribution in [3.05, 3.63) is 0 Å². The van der Waals surface area contributed by atoms with Gasteiger partial charge in [0.2, 0.25) is 0 Å². The van der Waals surface area contributed by atoms with E-state index in [4.69, 9.17) is 37.0 Å². The maximum Gasteiger partial charge on any atom is 0.472 e. The normalized spacial score (nSPS) is 14.5. The lowest BCUT2D eigenvalue weighted by atomic mass is 9.99. The molecule has 0 radical (unpaired) electrons. The van der Waals surface area contributed by atoms with E-state index >= 15 is 0 Å². The molecule has 3 unspecified atom stereocenters. The first-order chi connectivity index (χ1) is 41.6. The molecule has 0 bridgehead atoms. The molecule has 0 fully saturated rings. The van der Waals surface area contributed by atoms with Crippen LogP contribution in [0, 0.1) is 5.92 Å². The third-order valence-electron chi connectivity index (χ3n) is 15.9. The Morgan fingerprint density at radius 3 is 0.826 bits per heavy atom. The van der Waals surface area contributed by atoms with Crippen LogP contribution in [0.25, 0.3) is 0 Å². The number of rotatable bonds is 67. The predicted molar refractivity (Wildman–Crippen MR) is 345 cm³/mol. The molecule has 3 N–H and O–H groups in total. The first-order valence-corrected chi connectivity index (χ1v) is 38.2. The molecule has 17 nitrogen and oxygen atoms in total. The zero-order valence-electron chi connectivity index (χ0n) is 55.4. The summed E-state index contributed by atoms with van der Waals surface area (Å²) in [6.45, 7) is 7.22. The van der Waals surface area contributed by atoms with Crippen LogP contribution in [-0.2, 0) is 65.4 Å². The second-order valence-electron chi connectivity index (χ2n) is 24.5. The third-order valence-corrected chi connectivity index (χ3v) is 17.8. The molecule has 510 valence electrons. The standard InChI is InChI=1S/C67H130O17P2/c1-6-10-13-16-19-22-23-29-32-37-41-46-51-65(70)78-57-63(84-67(72)53-48-43-38-33-30-27-25-24-26-28-31-34-39-44-49-60(5)9-4)59-82-86(75,76)80-55-61(68)54-79-85(73,74)81-58-62(83-66(71)52-47-42-36-21-18-15-12-8-3)56-77-64(69)50-45-40-35-20-17-14-11-7-2/h60-63,68H,6-59H2,1-5H3,(H,73,74)(H,75,76)/t60?,61-,62+,63+/m0/s1. The van der Waals surface area contributed by atoms with Gasteiger partial charge in [-0.1, -0.05) is 291 Å². The quantitative estimate of drug-likeness (QED) is 0.0222. The highest BCUT2D eigenvalue weighted by Gasteiger charge is 2.30. The van der Waals surface area contributed by atoms with Gasteiger partial charge < -0.3 is 33.8 Å². The summed E-state index contributed by atoms with van der Waals surface area (Å²) in [5, 5.41) is 10.5. The smallest absolute Gasteiger partial charge is 0.462 e. The molecule has 0 amide bonds. The lowest BCUT2D eigenvalue weighted by molar-refractivity contribution is -0.161. The number of ether oxygens (including phenoxy) is 4. The number of carbonyl (C=O) groups is 4. The highest BCUT2D eigenvalue weighted by molar-refractivity contribution is 7.47. The fraction of sp³-hybridized carbons (Fsp3) is 0.940. The molecule has 0 saturated heterocycles. The van der Waals surface area contributed by atoms with Crippen molar-refractivity contribution in [3.63, 3.8) is 0 Å². The van der Waals surface area contributed by atoms with Gasteiger partial charge in [0.15, 0.2) is 12.2 Å². The van der Waals surface area contributed by atoms with Crippen LogP contribution in [0.3, 0.4) is 0 Å². The highest BCUT2D eigenvalue weighted by atomic mass is 31.2. The minimum absolute atomic E-state index is 0.105. The minimum Gasteiger partial charge on any atom is -0.462 e. The number of carbonyl (C=O) groups excluding carboxylic acids is 4. The van der Waals surface area contributed by atoms with Crippen LogP contribution in [-0.4, -0.2) is 96.7 Å². The van der Waals surface area contributed by atoms with E-state index in [9.17, 15) is 43.2 Å². The Morgan fingerprint density at radius 2 is 0.558 bits per heavy atom. The summed E-state index contributed by atoms with van der Waals surface area (Å²) < 4.78 is 68.0. The monoisotopic (exact) mass is 1270 g/mol. The summed E-state index contributed by atoms with van der Waals surface area (Å²) in [5.41, 5.74) is 0. The van der Waals surface area contributed by atoms with E-state index in [1.54, 1.807) is 0 Å². The molecular weight excluding hydrogens is 1140 g/mol. The Morgan fingerprint density at radius 1 is 0.326 bits per heavy atom. The first kappa shape index (κ1) is 84.1.